The summed E-state index contributed by atoms with van der Waals surface area (Å²) >= 11 is 1.76. The molecule has 1 aromatic carbocycles. The van der Waals surface area contributed by atoms with E-state index in [2.05, 4.69) is 36.2 Å². The first kappa shape index (κ1) is 18.8. The molecule has 4 heterocycles. The fraction of sp³-hybridized carbons (Fsp3) is 0.455. The highest BCUT2D eigenvalue weighted by Crippen LogP contribution is 2.38. The zero-order valence-electron chi connectivity index (χ0n) is 16.9. The molecule has 152 valence electrons. The Balaban J connectivity index is 1.51. The van der Waals surface area contributed by atoms with Crippen molar-refractivity contribution in [1.82, 2.24) is 14.9 Å². The minimum Gasteiger partial charge on any atom is -0.493 e. The normalized spacial score (nSPS) is 19.7. The molecule has 1 atom stereocenters. The Morgan fingerprint density at radius 1 is 1.14 bits per heavy atom. The second-order valence-corrected chi connectivity index (χ2v) is 8.92. The van der Waals surface area contributed by atoms with Gasteiger partial charge in [-0.05, 0) is 25.5 Å². The molecule has 1 saturated heterocycles. The average Bonchev–Trinajstić information content (AvgIpc) is 3.03. The topological polar surface area (TPSA) is 59.5 Å². The fourth-order valence-electron chi connectivity index (χ4n) is 4.09. The van der Waals surface area contributed by atoms with E-state index in [1.54, 1.807) is 11.3 Å². The Bertz CT molecular complexity index is 1030. The van der Waals surface area contributed by atoms with E-state index in [1.807, 2.05) is 12.1 Å². The number of benzene rings is 1. The molecule has 2 aliphatic rings. The third-order valence-electron chi connectivity index (χ3n) is 5.81. The summed E-state index contributed by atoms with van der Waals surface area (Å²) in [4.78, 5) is 14.6. The molecule has 1 fully saturated rings. The van der Waals surface area contributed by atoms with Gasteiger partial charge in [0.2, 0.25) is 0 Å². The summed E-state index contributed by atoms with van der Waals surface area (Å²) in [5, 5.41) is 4.90. The van der Waals surface area contributed by atoms with Crippen LogP contribution in [-0.4, -0.2) is 47.8 Å². The molecule has 7 heteroatoms. The van der Waals surface area contributed by atoms with Gasteiger partial charge in [0.05, 0.1) is 37.8 Å². The van der Waals surface area contributed by atoms with Crippen molar-refractivity contribution < 1.29 is 9.47 Å². The molecule has 2 aromatic heterocycles. The largest absolute Gasteiger partial charge is 0.493 e. The van der Waals surface area contributed by atoms with E-state index in [0.717, 1.165) is 66.9 Å². The van der Waals surface area contributed by atoms with Crippen molar-refractivity contribution in [2.45, 2.75) is 32.9 Å². The van der Waals surface area contributed by atoms with E-state index in [0.29, 0.717) is 6.61 Å². The van der Waals surface area contributed by atoms with Gasteiger partial charge < -0.3 is 14.8 Å². The summed E-state index contributed by atoms with van der Waals surface area (Å²) in [7, 11) is 0. The van der Waals surface area contributed by atoms with Crippen LogP contribution >= 0.6 is 11.3 Å². The first-order valence-corrected chi connectivity index (χ1v) is 11.1. The summed E-state index contributed by atoms with van der Waals surface area (Å²) in [6, 6.07) is 8.47. The van der Waals surface area contributed by atoms with Crippen molar-refractivity contribution in [3.8, 4) is 5.75 Å². The lowest BCUT2D eigenvalue weighted by atomic mass is 10.0. The minimum absolute atomic E-state index is 0.189. The quantitative estimate of drug-likeness (QED) is 0.700. The number of nitrogens with zero attached hydrogens (tertiary/aromatic N) is 3. The van der Waals surface area contributed by atoms with Crippen LogP contribution in [0.15, 0.2) is 24.3 Å². The molecule has 5 rings (SSSR count). The van der Waals surface area contributed by atoms with E-state index >= 15 is 0 Å². The smallest absolute Gasteiger partial charge is 0.146 e. The summed E-state index contributed by atoms with van der Waals surface area (Å²) in [5.74, 6) is 2.79. The second-order valence-electron chi connectivity index (χ2n) is 7.71. The maximum absolute atomic E-state index is 5.84. The van der Waals surface area contributed by atoms with E-state index in [9.17, 15) is 0 Å². The van der Waals surface area contributed by atoms with Crippen LogP contribution in [0, 0.1) is 13.8 Å². The van der Waals surface area contributed by atoms with Crippen molar-refractivity contribution in [2.24, 2.45) is 0 Å². The number of aromatic nitrogens is 2. The Morgan fingerprint density at radius 3 is 2.83 bits per heavy atom. The maximum Gasteiger partial charge on any atom is 0.146 e. The predicted octanol–water partition coefficient (Wildman–Crippen LogP) is 4.08. The minimum atomic E-state index is 0.189. The number of hydrogen-bond acceptors (Lipinski definition) is 7. The van der Waals surface area contributed by atoms with Gasteiger partial charge in [-0.2, -0.15) is 0 Å². The lowest BCUT2D eigenvalue weighted by molar-refractivity contribution is 0.0331. The van der Waals surface area contributed by atoms with Crippen LogP contribution in [0.3, 0.4) is 0 Å². The third kappa shape index (κ3) is 3.70. The van der Waals surface area contributed by atoms with Crippen LogP contribution in [0.2, 0.25) is 0 Å². The number of hydrogen-bond donors (Lipinski definition) is 1. The fourth-order valence-corrected chi connectivity index (χ4v) is 5.13. The number of ether oxygens (including phenoxy) is 2. The Kier molecular flexibility index (Phi) is 5.11. The molecule has 0 amide bonds. The van der Waals surface area contributed by atoms with Crippen LogP contribution in [0.4, 0.5) is 5.82 Å². The van der Waals surface area contributed by atoms with Gasteiger partial charge in [-0.3, -0.25) is 4.90 Å². The van der Waals surface area contributed by atoms with Gasteiger partial charge in [-0.25, -0.2) is 9.97 Å². The maximum atomic E-state index is 5.84. The Labute approximate surface area is 174 Å². The van der Waals surface area contributed by atoms with Crippen molar-refractivity contribution in [1.29, 1.82) is 0 Å². The number of rotatable bonds is 4. The van der Waals surface area contributed by atoms with E-state index in [1.165, 1.54) is 16.0 Å². The van der Waals surface area contributed by atoms with Crippen LogP contribution in [-0.2, 0) is 11.3 Å². The molecule has 0 saturated carbocycles. The highest BCUT2D eigenvalue weighted by Gasteiger charge is 2.24. The highest BCUT2D eigenvalue weighted by atomic mass is 32.1. The van der Waals surface area contributed by atoms with E-state index in [4.69, 9.17) is 19.4 Å². The number of nitrogens with one attached hydrogen (secondary N) is 1. The summed E-state index contributed by atoms with van der Waals surface area (Å²) < 4.78 is 11.3. The Hall–Kier alpha value is -2.22. The van der Waals surface area contributed by atoms with Crippen LogP contribution in [0.1, 0.15) is 34.3 Å². The summed E-state index contributed by atoms with van der Waals surface area (Å²) in [6.07, 6.45) is 0.920. The SMILES string of the molecule is Cc1sc2nc(CN3CCOCC3)nc(N[C@@H]3CCOc4ccccc43)c2c1C. The molecule has 1 N–H and O–H groups in total. The van der Waals surface area contributed by atoms with Gasteiger partial charge in [0.1, 0.15) is 22.2 Å². The van der Waals surface area contributed by atoms with Crippen molar-refractivity contribution >= 4 is 27.4 Å². The molecular formula is C22H26N4O2S. The van der Waals surface area contributed by atoms with Gasteiger partial charge in [0.25, 0.3) is 0 Å². The van der Waals surface area contributed by atoms with E-state index in [-0.39, 0.29) is 6.04 Å². The number of thiophene rings is 1. The number of para-hydroxylation sites is 1. The number of aryl methyl sites for hydroxylation is 2. The molecule has 0 bridgehead atoms. The monoisotopic (exact) mass is 410 g/mol. The van der Waals surface area contributed by atoms with Crippen molar-refractivity contribution in [3.05, 3.63) is 46.1 Å². The van der Waals surface area contributed by atoms with Gasteiger partial charge in [-0.15, -0.1) is 11.3 Å². The lowest BCUT2D eigenvalue weighted by Gasteiger charge is -2.28. The van der Waals surface area contributed by atoms with E-state index < -0.39 is 0 Å². The van der Waals surface area contributed by atoms with Crippen LogP contribution in [0.25, 0.3) is 10.2 Å². The standard InChI is InChI=1S/C22H26N4O2S/c1-14-15(2)29-22-20(14)21(24-19(25-22)13-26-8-11-27-12-9-26)23-17-7-10-28-18-6-4-3-5-16(17)18/h3-6,17H,7-13H2,1-2H3,(H,23,24,25)/t17-/m1/s1. The molecule has 29 heavy (non-hydrogen) atoms. The average molecular weight is 411 g/mol. The molecular weight excluding hydrogens is 384 g/mol. The first-order valence-electron chi connectivity index (χ1n) is 10.2. The molecule has 0 unspecified atom stereocenters. The lowest BCUT2D eigenvalue weighted by Crippen LogP contribution is -2.36. The number of morpholine rings is 1. The summed E-state index contributed by atoms with van der Waals surface area (Å²) in [5.41, 5.74) is 2.47. The predicted molar refractivity (Wildman–Crippen MR) is 116 cm³/mol. The second kappa shape index (κ2) is 7.89. The molecule has 6 nitrogen and oxygen atoms in total. The molecule has 0 spiro atoms. The van der Waals surface area contributed by atoms with Gasteiger partial charge in [0, 0.05) is 30.0 Å². The number of fused-ring (bicyclic) bond motifs is 2. The highest BCUT2D eigenvalue weighted by molar-refractivity contribution is 7.18. The van der Waals surface area contributed by atoms with Crippen LogP contribution in [0.5, 0.6) is 5.75 Å². The van der Waals surface area contributed by atoms with Gasteiger partial charge >= 0.3 is 0 Å². The molecule has 2 aliphatic heterocycles. The molecule has 0 radical (unpaired) electrons. The van der Waals surface area contributed by atoms with Gasteiger partial charge in [0.15, 0.2) is 0 Å². The zero-order valence-corrected chi connectivity index (χ0v) is 17.7. The zero-order chi connectivity index (χ0) is 19.8. The Morgan fingerprint density at radius 2 is 1.97 bits per heavy atom. The van der Waals surface area contributed by atoms with Crippen molar-refractivity contribution in [3.63, 3.8) is 0 Å². The number of anilines is 1. The third-order valence-corrected chi connectivity index (χ3v) is 6.91. The van der Waals surface area contributed by atoms with Crippen molar-refractivity contribution in [2.75, 3.05) is 38.2 Å². The van der Waals surface area contributed by atoms with Gasteiger partial charge in [-0.1, -0.05) is 18.2 Å². The summed E-state index contributed by atoms with van der Waals surface area (Å²) in [6.45, 7) is 9.23. The first-order chi connectivity index (χ1) is 14.2. The molecule has 0 aliphatic carbocycles. The van der Waals surface area contributed by atoms with Crippen LogP contribution < -0.4 is 10.1 Å². The molecule has 3 aromatic rings.